The third kappa shape index (κ3) is 6.90. The summed E-state index contributed by atoms with van der Waals surface area (Å²) in [6.07, 6.45) is 2.89. The third-order valence-electron chi connectivity index (χ3n) is 4.95. The number of nitro groups is 2. The van der Waals surface area contributed by atoms with Gasteiger partial charge in [-0.1, -0.05) is 11.6 Å². The lowest BCUT2D eigenvalue weighted by Gasteiger charge is -2.06. The van der Waals surface area contributed by atoms with Crippen molar-refractivity contribution in [2.75, 3.05) is 24.6 Å². The Morgan fingerprint density at radius 1 is 0.769 bits per heavy atom. The lowest BCUT2D eigenvalue weighted by atomic mass is 10.2. The second-order valence-electron chi connectivity index (χ2n) is 7.50. The lowest BCUT2D eigenvalue weighted by molar-refractivity contribution is -0.385. The maximum atomic E-state index is 10.9. The number of halogens is 1. The van der Waals surface area contributed by atoms with Crippen LogP contribution in [0.4, 0.5) is 28.6 Å². The van der Waals surface area contributed by atoms with Crippen LogP contribution in [-0.2, 0) is 0 Å². The van der Waals surface area contributed by atoms with Gasteiger partial charge in [-0.3, -0.25) is 20.2 Å². The number of ether oxygens (including phenoxy) is 4. The molecule has 4 aromatic rings. The molecule has 0 saturated heterocycles. The molecule has 2 aromatic carbocycles. The van der Waals surface area contributed by atoms with Crippen molar-refractivity contribution >= 4 is 40.2 Å². The highest BCUT2D eigenvalue weighted by molar-refractivity contribution is 6.31. The van der Waals surface area contributed by atoms with Gasteiger partial charge in [-0.15, -0.1) is 0 Å². The van der Waals surface area contributed by atoms with E-state index in [-0.39, 0.29) is 29.1 Å². The Kier molecular flexibility index (Phi) is 8.38. The van der Waals surface area contributed by atoms with Crippen molar-refractivity contribution in [3.63, 3.8) is 0 Å². The smallest absolute Gasteiger partial charge is 0.311 e. The summed E-state index contributed by atoms with van der Waals surface area (Å²) < 4.78 is 20.6. The molecule has 2 aromatic heterocycles. The molecular weight excluding hydrogens is 536 g/mol. The number of aromatic nitrogens is 2. The Morgan fingerprint density at radius 2 is 1.33 bits per heavy atom. The average molecular weight is 555 g/mol. The molecule has 0 unspecified atom stereocenters. The van der Waals surface area contributed by atoms with E-state index in [0.717, 1.165) is 11.5 Å². The van der Waals surface area contributed by atoms with Crippen LogP contribution in [0.25, 0.3) is 0 Å². The van der Waals surface area contributed by atoms with Gasteiger partial charge in [0, 0.05) is 48.0 Å². The van der Waals surface area contributed by atoms with Crippen molar-refractivity contribution in [2.45, 2.75) is 0 Å². The van der Waals surface area contributed by atoms with E-state index in [1.807, 2.05) is 0 Å². The molecule has 4 heterocycles. The number of benzene rings is 2. The molecule has 200 valence electrons. The number of nitrogens with zero attached hydrogens (tertiary/aromatic N) is 4. The highest BCUT2D eigenvalue weighted by Gasteiger charge is 2.17. The number of nitrogens with one attached hydrogen (secondary N) is 1. The zero-order valence-electron chi connectivity index (χ0n) is 19.9. The Labute approximate surface area is 225 Å². The number of hydrogen-bond acceptors (Lipinski definition) is 12. The fourth-order valence-electron chi connectivity index (χ4n) is 3.18. The molecule has 6 rings (SSSR count). The van der Waals surface area contributed by atoms with Gasteiger partial charge < -0.3 is 30.0 Å². The molecule has 0 amide bonds. The zero-order valence-corrected chi connectivity index (χ0v) is 20.6. The van der Waals surface area contributed by atoms with Crippen LogP contribution in [0.2, 0.25) is 5.15 Å². The normalized spacial score (nSPS) is 11.8. The van der Waals surface area contributed by atoms with Crippen LogP contribution >= 0.6 is 11.6 Å². The van der Waals surface area contributed by atoms with Crippen molar-refractivity contribution in [2.24, 2.45) is 0 Å². The minimum Gasteiger partial charge on any atom is -0.454 e. The molecule has 0 aliphatic carbocycles. The summed E-state index contributed by atoms with van der Waals surface area (Å²) in [5.41, 5.74) is 6.59. The van der Waals surface area contributed by atoms with E-state index in [1.165, 1.54) is 36.7 Å². The van der Waals surface area contributed by atoms with Gasteiger partial charge in [-0.2, -0.15) is 0 Å². The molecule has 14 nitrogen and oxygen atoms in total. The first-order valence-electron chi connectivity index (χ1n) is 11.0. The van der Waals surface area contributed by atoms with Crippen LogP contribution in [-0.4, -0.2) is 33.4 Å². The minimum absolute atomic E-state index is 0.0764. The number of rotatable bonds is 4. The van der Waals surface area contributed by atoms with Gasteiger partial charge in [-0.25, -0.2) is 9.97 Å². The van der Waals surface area contributed by atoms with E-state index in [9.17, 15) is 20.2 Å². The van der Waals surface area contributed by atoms with E-state index in [1.54, 1.807) is 36.4 Å². The first-order chi connectivity index (χ1) is 18.8. The number of anilines is 3. The third-order valence-corrected chi connectivity index (χ3v) is 5.24. The molecule has 0 radical (unpaired) electrons. The zero-order chi connectivity index (χ0) is 27.8. The quantitative estimate of drug-likeness (QED) is 0.147. The molecule has 0 bridgehead atoms. The van der Waals surface area contributed by atoms with Gasteiger partial charge in [0.25, 0.3) is 0 Å². The minimum atomic E-state index is -0.574. The molecular formula is C24H19ClN6O8. The Morgan fingerprint density at radius 3 is 1.95 bits per heavy atom. The second kappa shape index (κ2) is 12.2. The van der Waals surface area contributed by atoms with Crippen LogP contribution in [0.1, 0.15) is 0 Å². The van der Waals surface area contributed by atoms with Crippen molar-refractivity contribution in [3.8, 4) is 23.0 Å². The van der Waals surface area contributed by atoms with Gasteiger partial charge in [-0.05, 0) is 36.4 Å². The molecule has 0 saturated carbocycles. The van der Waals surface area contributed by atoms with Crippen LogP contribution < -0.4 is 30.0 Å². The largest absolute Gasteiger partial charge is 0.454 e. The van der Waals surface area contributed by atoms with E-state index < -0.39 is 9.85 Å². The van der Waals surface area contributed by atoms with Gasteiger partial charge >= 0.3 is 11.4 Å². The van der Waals surface area contributed by atoms with E-state index in [2.05, 4.69) is 15.3 Å². The molecule has 0 atom stereocenters. The van der Waals surface area contributed by atoms with Gasteiger partial charge in [0.15, 0.2) is 23.0 Å². The number of hydrogen-bond donors (Lipinski definition) is 2. The summed E-state index contributed by atoms with van der Waals surface area (Å²) in [5, 5.41) is 23.8. The summed E-state index contributed by atoms with van der Waals surface area (Å²) in [7, 11) is 0. The SMILES string of the molecule is Nc1ccc2c(c1)OCO2.O=[N+]([O-])c1cccnc1Cl.O=[N+]([O-])c1cccnc1Nc1ccc2c(c1)OCO2. The van der Waals surface area contributed by atoms with Crippen molar-refractivity contribution in [3.05, 3.63) is 98.4 Å². The molecule has 0 spiro atoms. The van der Waals surface area contributed by atoms with Gasteiger partial charge in [0.05, 0.1) is 9.85 Å². The number of pyridine rings is 2. The summed E-state index contributed by atoms with van der Waals surface area (Å²) in [6, 6.07) is 16.2. The topological polar surface area (TPSA) is 187 Å². The maximum Gasteiger partial charge on any atom is 0.311 e. The highest BCUT2D eigenvalue weighted by atomic mass is 35.5. The first-order valence-corrected chi connectivity index (χ1v) is 11.4. The van der Waals surface area contributed by atoms with Gasteiger partial charge in [0.1, 0.15) is 0 Å². The van der Waals surface area contributed by atoms with Crippen molar-refractivity contribution < 1.29 is 28.8 Å². The van der Waals surface area contributed by atoms with E-state index in [0.29, 0.717) is 29.7 Å². The number of fused-ring (bicyclic) bond motifs is 2. The van der Waals surface area contributed by atoms with Gasteiger partial charge in [0.2, 0.25) is 24.6 Å². The summed E-state index contributed by atoms with van der Waals surface area (Å²) >= 11 is 5.37. The predicted octanol–water partition coefficient (Wildman–Crippen LogP) is 5.10. The monoisotopic (exact) mass is 554 g/mol. The average Bonchev–Trinajstić information content (AvgIpc) is 3.58. The van der Waals surface area contributed by atoms with Crippen LogP contribution in [0.5, 0.6) is 23.0 Å². The van der Waals surface area contributed by atoms with Crippen molar-refractivity contribution in [1.29, 1.82) is 0 Å². The van der Waals surface area contributed by atoms with E-state index in [4.69, 9.17) is 36.3 Å². The maximum absolute atomic E-state index is 10.9. The van der Waals surface area contributed by atoms with Crippen LogP contribution in [0, 0.1) is 20.2 Å². The first kappa shape index (κ1) is 26.7. The van der Waals surface area contributed by atoms with Crippen LogP contribution in [0.3, 0.4) is 0 Å². The molecule has 2 aliphatic rings. The molecule has 0 fully saturated rings. The molecule has 39 heavy (non-hydrogen) atoms. The fraction of sp³-hybridized carbons (Fsp3) is 0.0833. The fourth-order valence-corrected chi connectivity index (χ4v) is 3.37. The van der Waals surface area contributed by atoms with E-state index >= 15 is 0 Å². The molecule has 2 aliphatic heterocycles. The Hall–Kier alpha value is -5.37. The van der Waals surface area contributed by atoms with Crippen molar-refractivity contribution in [1.82, 2.24) is 9.97 Å². The summed E-state index contributed by atoms with van der Waals surface area (Å²) in [6.45, 7) is 0.487. The van der Waals surface area contributed by atoms with Crippen LogP contribution in [0.15, 0.2) is 73.1 Å². The Bertz CT molecular complexity index is 1510. The second-order valence-corrected chi connectivity index (χ2v) is 7.86. The number of nitrogens with two attached hydrogens (primary N) is 1. The Balaban J connectivity index is 0.000000149. The molecule has 15 heteroatoms. The number of nitrogen functional groups attached to an aromatic ring is 1. The summed E-state index contributed by atoms with van der Waals surface area (Å²) in [4.78, 5) is 27.4. The molecule has 3 N–H and O–H groups in total. The highest BCUT2D eigenvalue weighted by Crippen LogP contribution is 2.36. The lowest BCUT2D eigenvalue weighted by Crippen LogP contribution is -1.99. The standard InChI is InChI=1S/C12H9N3O4.C7H7NO2.C5H3ClN2O2/c16-15(17)9-2-1-5-13-12(9)14-8-3-4-10-11(6-8)19-7-18-10;8-5-1-2-6-7(3-5)10-4-9-6;6-5-4(8(9)10)2-1-3-7-5/h1-6H,7H2,(H,13,14);1-3H,4,8H2;1-3H. The summed E-state index contributed by atoms with van der Waals surface area (Å²) in [5.74, 6) is 2.95. The predicted molar refractivity (Wildman–Crippen MR) is 140 cm³/mol.